The molecule has 0 atom stereocenters. The summed E-state index contributed by atoms with van der Waals surface area (Å²) in [5.74, 6) is -0.564. The van der Waals surface area contributed by atoms with Crippen molar-refractivity contribution in [2.45, 2.75) is 11.4 Å². The Kier molecular flexibility index (Phi) is 7.78. The molecule has 0 spiro atoms. The van der Waals surface area contributed by atoms with Crippen LogP contribution in [0.3, 0.4) is 0 Å². The van der Waals surface area contributed by atoms with Crippen LogP contribution in [0.5, 0.6) is 0 Å². The van der Waals surface area contributed by atoms with Gasteiger partial charge in [0.2, 0.25) is 5.95 Å². The first-order valence-corrected chi connectivity index (χ1v) is 14.7. The molecule has 10 heteroatoms. The molecule has 0 aliphatic heterocycles. The van der Waals surface area contributed by atoms with Gasteiger partial charge in [-0.1, -0.05) is 36.4 Å². The fourth-order valence-electron chi connectivity index (χ4n) is 4.48. The third-order valence-corrected chi connectivity index (χ3v) is 7.48. The first kappa shape index (κ1) is 27.9. The van der Waals surface area contributed by atoms with Gasteiger partial charge in [0.25, 0.3) is 5.91 Å². The van der Waals surface area contributed by atoms with Crippen LogP contribution in [-0.4, -0.2) is 49.5 Å². The van der Waals surface area contributed by atoms with E-state index in [9.17, 15) is 17.6 Å². The second-order valence-corrected chi connectivity index (χ2v) is 11.9. The highest BCUT2D eigenvalue weighted by Gasteiger charge is 2.18. The lowest BCUT2D eigenvalue weighted by Crippen LogP contribution is -2.16. The van der Waals surface area contributed by atoms with Gasteiger partial charge in [0.1, 0.15) is 5.82 Å². The molecule has 0 saturated carbocycles. The molecule has 5 rings (SSSR count). The lowest BCUT2D eigenvalue weighted by atomic mass is 10.1. The number of rotatable bonds is 8. The summed E-state index contributed by atoms with van der Waals surface area (Å²) in [6.07, 6.45) is 1.11. The first-order valence-electron chi connectivity index (χ1n) is 12.8. The zero-order valence-corrected chi connectivity index (χ0v) is 23.5. The Morgan fingerprint density at radius 2 is 1.61 bits per heavy atom. The SMILES string of the molecule is CN(C)Cc1ccc(S(C)(=O)=O)c(NC(=O)c2ccc(Nc3nc(-c4ccccc4F)c4ccccc4n3)cc2)c1. The molecule has 1 heterocycles. The van der Waals surface area contributed by atoms with Gasteiger partial charge >= 0.3 is 0 Å². The predicted octanol–water partition coefficient (Wildman–Crippen LogP) is 5.90. The Hall–Kier alpha value is -4.67. The largest absolute Gasteiger partial charge is 0.324 e. The predicted molar refractivity (Wildman–Crippen MR) is 160 cm³/mol. The Morgan fingerprint density at radius 3 is 2.32 bits per heavy atom. The van der Waals surface area contributed by atoms with Gasteiger partial charge in [-0.05, 0) is 74.3 Å². The van der Waals surface area contributed by atoms with Crippen LogP contribution in [0.1, 0.15) is 15.9 Å². The number of anilines is 3. The van der Waals surface area contributed by atoms with Crippen LogP contribution in [0.4, 0.5) is 21.7 Å². The van der Waals surface area contributed by atoms with Crippen molar-refractivity contribution in [1.29, 1.82) is 0 Å². The van der Waals surface area contributed by atoms with Gasteiger partial charge in [0.15, 0.2) is 9.84 Å². The minimum atomic E-state index is -3.57. The number of hydrogen-bond donors (Lipinski definition) is 2. The molecule has 5 aromatic rings. The second kappa shape index (κ2) is 11.4. The van der Waals surface area contributed by atoms with Crippen LogP contribution < -0.4 is 10.6 Å². The number of halogens is 1. The lowest BCUT2D eigenvalue weighted by Gasteiger charge is -2.15. The normalized spacial score (nSPS) is 11.5. The summed E-state index contributed by atoms with van der Waals surface area (Å²) < 4.78 is 39.3. The number of carbonyl (C=O) groups excluding carboxylic acids is 1. The quantitative estimate of drug-likeness (QED) is 0.240. The van der Waals surface area contributed by atoms with Gasteiger partial charge in [-0.2, -0.15) is 0 Å². The van der Waals surface area contributed by atoms with Crippen LogP contribution >= 0.6 is 0 Å². The van der Waals surface area contributed by atoms with Crippen molar-refractivity contribution in [3.63, 3.8) is 0 Å². The minimum Gasteiger partial charge on any atom is -0.324 e. The summed E-state index contributed by atoms with van der Waals surface area (Å²) in [5.41, 5.74) is 3.51. The molecule has 0 unspecified atom stereocenters. The lowest BCUT2D eigenvalue weighted by molar-refractivity contribution is 0.102. The Bertz CT molecular complexity index is 1860. The van der Waals surface area contributed by atoms with Gasteiger partial charge in [0, 0.05) is 35.0 Å². The number of sulfone groups is 1. The maximum Gasteiger partial charge on any atom is 0.255 e. The van der Waals surface area contributed by atoms with E-state index in [1.807, 2.05) is 43.3 Å². The van der Waals surface area contributed by atoms with E-state index in [-0.39, 0.29) is 22.3 Å². The standard InChI is InChI=1S/C31H28FN5O3S/c1-37(2)19-20-12-17-28(41(3,39)40)27(18-20)34-30(38)21-13-15-22(16-14-21)33-31-35-26-11-7-5-9-24(26)29(36-31)23-8-4-6-10-25(23)32/h4-18H,19H2,1-3H3,(H,34,38)(H,33,35,36). The number of aromatic nitrogens is 2. The molecule has 0 aliphatic rings. The Balaban J connectivity index is 1.40. The maximum atomic E-state index is 14.7. The van der Waals surface area contributed by atoms with Crippen LogP contribution in [0.2, 0.25) is 0 Å². The van der Waals surface area contributed by atoms with Crippen molar-refractivity contribution >= 4 is 44.0 Å². The van der Waals surface area contributed by atoms with E-state index in [0.29, 0.717) is 34.6 Å². The van der Waals surface area contributed by atoms with Crippen LogP contribution in [-0.2, 0) is 16.4 Å². The fraction of sp³-hybridized carbons (Fsp3) is 0.129. The fourth-order valence-corrected chi connectivity index (χ4v) is 5.31. The van der Waals surface area contributed by atoms with E-state index in [1.165, 1.54) is 12.1 Å². The molecule has 0 radical (unpaired) electrons. The maximum absolute atomic E-state index is 14.7. The van der Waals surface area contributed by atoms with Crippen LogP contribution in [0.25, 0.3) is 22.2 Å². The molecule has 0 fully saturated rings. The highest BCUT2D eigenvalue weighted by atomic mass is 32.2. The van der Waals surface area contributed by atoms with Crippen molar-refractivity contribution in [1.82, 2.24) is 14.9 Å². The Labute approximate surface area is 237 Å². The van der Waals surface area contributed by atoms with Gasteiger partial charge in [-0.15, -0.1) is 0 Å². The number of amides is 1. The van der Waals surface area contributed by atoms with E-state index in [4.69, 9.17) is 0 Å². The number of nitrogens with zero attached hydrogens (tertiary/aromatic N) is 3. The number of fused-ring (bicyclic) bond motifs is 1. The van der Waals surface area contributed by atoms with Crippen LogP contribution in [0.15, 0.2) is 95.9 Å². The molecule has 208 valence electrons. The number of nitrogens with one attached hydrogen (secondary N) is 2. The summed E-state index contributed by atoms with van der Waals surface area (Å²) in [4.78, 5) is 24.3. The average molecular weight is 570 g/mol. The second-order valence-electron chi connectivity index (χ2n) is 9.89. The van der Waals surface area contributed by atoms with Crippen molar-refractivity contribution in [3.8, 4) is 11.3 Å². The van der Waals surface area contributed by atoms with Crippen molar-refractivity contribution in [2.24, 2.45) is 0 Å². The molecule has 4 aromatic carbocycles. The summed E-state index contributed by atoms with van der Waals surface area (Å²) in [5, 5.41) is 6.61. The molecule has 1 aromatic heterocycles. The minimum absolute atomic E-state index is 0.0470. The molecular weight excluding hydrogens is 541 g/mol. The van der Waals surface area contributed by atoms with Crippen LogP contribution in [0, 0.1) is 5.82 Å². The third-order valence-electron chi connectivity index (χ3n) is 6.33. The molecule has 1 amide bonds. The first-order chi connectivity index (χ1) is 19.6. The Morgan fingerprint density at radius 1 is 0.902 bits per heavy atom. The monoisotopic (exact) mass is 569 g/mol. The number of benzene rings is 4. The number of para-hydroxylation sites is 1. The van der Waals surface area contributed by atoms with Crippen molar-refractivity contribution in [2.75, 3.05) is 31.0 Å². The number of carbonyl (C=O) groups is 1. The summed E-state index contributed by atoms with van der Waals surface area (Å²) in [6, 6.07) is 25.3. The van der Waals surface area contributed by atoms with E-state index >= 15 is 0 Å². The topological polar surface area (TPSA) is 104 Å². The highest BCUT2D eigenvalue weighted by Crippen LogP contribution is 2.30. The molecular formula is C31H28FN5O3S. The van der Waals surface area contributed by atoms with E-state index < -0.39 is 15.7 Å². The molecule has 41 heavy (non-hydrogen) atoms. The van der Waals surface area contributed by atoms with Gasteiger partial charge in [-0.3, -0.25) is 4.79 Å². The van der Waals surface area contributed by atoms with E-state index in [1.54, 1.807) is 54.6 Å². The van der Waals surface area contributed by atoms with E-state index in [2.05, 4.69) is 20.6 Å². The summed E-state index contributed by atoms with van der Waals surface area (Å²) in [7, 11) is 0.244. The van der Waals surface area contributed by atoms with Gasteiger partial charge in [-0.25, -0.2) is 22.8 Å². The third kappa shape index (κ3) is 6.40. The van der Waals surface area contributed by atoms with Gasteiger partial charge < -0.3 is 15.5 Å². The number of hydrogen-bond acceptors (Lipinski definition) is 7. The van der Waals surface area contributed by atoms with E-state index in [0.717, 1.165) is 17.2 Å². The molecule has 0 saturated heterocycles. The highest BCUT2D eigenvalue weighted by molar-refractivity contribution is 7.90. The molecule has 0 aliphatic carbocycles. The van der Waals surface area contributed by atoms with Crippen molar-refractivity contribution < 1.29 is 17.6 Å². The van der Waals surface area contributed by atoms with Crippen molar-refractivity contribution in [3.05, 3.63) is 108 Å². The molecule has 8 nitrogen and oxygen atoms in total. The summed E-state index contributed by atoms with van der Waals surface area (Å²) in [6.45, 7) is 0.586. The zero-order chi connectivity index (χ0) is 29.1. The van der Waals surface area contributed by atoms with Gasteiger partial charge in [0.05, 0.1) is 21.8 Å². The summed E-state index contributed by atoms with van der Waals surface area (Å²) >= 11 is 0. The molecule has 0 bridgehead atoms. The zero-order valence-electron chi connectivity index (χ0n) is 22.7. The average Bonchev–Trinajstić information content (AvgIpc) is 2.92. The smallest absolute Gasteiger partial charge is 0.255 e. The molecule has 2 N–H and O–H groups in total.